The highest BCUT2D eigenvalue weighted by Gasteiger charge is 2.48. The fourth-order valence-electron chi connectivity index (χ4n) is 10.7. The van der Waals surface area contributed by atoms with E-state index in [1.807, 2.05) is 21.3 Å². The largest absolute Gasteiger partial charge is 0.495 e. The molecule has 3 aliphatic heterocycles. The molecule has 0 amide bonds. The van der Waals surface area contributed by atoms with Crippen LogP contribution in [0.25, 0.3) is 16.8 Å². The lowest BCUT2D eigenvalue weighted by Gasteiger charge is -2.50. The van der Waals surface area contributed by atoms with Crippen LogP contribution in [0.2, 0.25) is 5.02 Å². The van der Waals surface area contributed by atoms with Crippen molar-refractivity contribution in [2.45, 2.75) is 84.9 Å². The third kappa shape index (κ3) is 9.81. The Morgan fingerprint density at radius 3 is 2.10 bits per heavy atom. The summed E-state index contributed by atoms with van der Waals surface area (Å²) in [4.78, 5) is 50.2. The molecule has 3 atom stereocenters. The predicted molar refractivity (Wildman–Crippen MR) is 255 cm³/mol. The highest BCUT2D eigenvalue weighted by atomic mass is 35.5. The van der Waals surface area contributed by atoms with Crippen molar-refractivity contribution in [2.75, 3.05) is 73.7 Å². The predicted octanol–water partition coefficient (Wildman–Crippen LogP) is 8.28. The minimum Gasteiger partial charge on any atom is -0.495 e. The SMILES string of the molecule is COCC1(COC2=C(Cl)C=C3c4cc(=O)c(C(=O)O)cn4[C@H](C(C)(C)COCCOC4CC(COc5cc6c(cc5Cl)-c5cc(=O)c(C(=O)O)cn5[C@H](C(C)(C)COC)C6)C4)CC3(C)C2)COC1. The van der Waals surface area contributed by atoms with Gasteiger partial charge in [-0.05, 0) is 60.9 Å². The van der Waals surface area contributed by atoms with Gasteiger partial charge in [-0.15, -0.1) is 0 Å². The van der Waals surface area contributed by atoms with E-state index in [0.717, 1.165) is 29.5 Å². The minimum absolute atomic E-state index is 0.0546. The van der Waals surface area contributed by atoms with Gasteiger partial charge in [0.25, 0.3) is 0 Å². The number of allylic oxidation sites excluding steroid dienone is 4. The molecule has 0 bridgehead atoms. The Hall–Kier alpha value is -4.48. The van der Waals surface area contributed by atoms with Crippen molar-refractivity contribution in [3.8, 4) is 17.0 Å². The molecule has 2 N–H and O–H groups in total. The molecule has 1 aromatic carbocycles. The lowest BCUT2D eigenvalue weighted by Crippen LogP contribution is -2.49. The fourth-order valence-corrected chi connectivity index (χ4v) is 11.1. The summed E-state index contributed by atoms with van der Waals surface area (Å²) in [6, 6.07) is 6.08. The summed E-state index contributed by atoms with van der Waals surface area (Å²) in [6.45, 7) is 14.4. The number of benzene rings is 1. The van der Waals surface area contributed by atoms with Crippen molar-refractivity contribution >= 4 is 40.7 Å². The molecule has 68 heavy (non-hydrogen) atoms. The lowest BCUT2D eigenvalue weighted by molar-refractivity contribution is -0.167. The maximum Gasteiger partial charge on any atom is 0.341 e. The van der Waals surface area contributed by atoms with Crippen molar-refractivity contribution in [2.24, 2.45) is 27.6 Å². The number of hydrogen-bond acceptors (Lipinski definition) is 11. The van der Waals surface area contributed by atoms with E-state index in [2.05, 4.69) is 34.6 Å². The number of hydrogen-bond donors (Lipinski definition) is 2. The number of aromatic carboxylic acids is 2. The number of rotatable bonds is 20. The van der Waals surface area contributed by atoms with Crippen LogP contribution >= 0.6 is 23.2 Å². The van der Waals surface area contributed by atoms with Gasteiger partial charge in [-0.1, -0.05) is 57.8 Å². The Balaban J connectivity index is 0.863. The standard InChI is InChI=1S/C51H62Cl2N2O13/c1-48(2,23-62-6)44-13-30-12-42(36(52)14-32(30)38-16-40(56)33(46(58)59)20-54(38)44)67-22-29-10-31(11-29)66-9-8-64-24-49(3,4)45-19-50(5)18-43(68-28-51(25-63-7)26-65-27-51)37(53)15-35(50)39-17-41(57)34(47(60)61)21-55(39)45/h12,14-17,20-21,29,31,44-45H,8-11,13,18-19,22-28H2,1-7H3,(H,58,59)(H,60,61)/t29?,31?,44-,45-,50?/m0/s1. The van der Waals surface area contributed by atoms with Gasteiger partial charge in [0.15, 0.2) is 10.9 Å². The summed E-state index contributed by atoms with van der Waals surface area (Å²) in [6.07, 6.45) is 8.10. The van der Waals surface area contributed by atoms with Crippen LogP contribution in [0.3, 0.4) is 0 Å². The van der Waals surface area contributed by atoms with Crippen LogP contribution in [0.1, 0.15) is 104 Å². The van der Waals surface area contributed by atoms with E-state index in [0.29, 0.717) is 112 Å². The topological polar surface area (TPSA) is 183 Å². The second-order valence-electron chi connectivity index (χ2n) is 21.1. The van der Waals surface area contributed by atoms with Gasteiger partial charge in [0.1, 0.15) is 29.2 Å². The van der Waals surface area contributed by atoms with E-state index >= 15 is 0 Å². The second kappa shape index (κ2) is 19.4. The molecule has 368 valence electrons. The van der Waals surface area contributed by atoms with Crippen LogP contribution < -0.4 is 15.6 Å². The van der Waals surface area contributed by atoms with Crippen molar-refractivity contribution in [3.05, 3.63) is 101 Å². The van der Waals surface area contributed by atoms with E-state index in [4.69, 9.17) is 56.4 Å². The number of aromatic nitrogens is 2. The molecule has 5 aliphatic rings. The van der Waals surface area contributed by atoms with Crippen molar-refractivity contribution < 1.29 is 53.0 Å². The third-order valence-corrected chi connectivity index (χ3v) is 15.3. The molecular formula is C51H62Cl2N2O13. The lowest BCUT2D eigenvalue weighted by atomic mass is 9.64. The number of fused-ring (bicyclic) bond motifs is 6. The van der Waals surface area contributed by atoms with Gasteiger partial charge in [-0.3, -0.25) is 9.59 Å². The smallest absolute Gasteiger partial charge is 0.341 e. The fraction of sp³-hybridized carbons (Fsp3) is 0.569. The van der Waals surface area contributed by atoms with Crippen LogP contribution in [-0.2, 0) is 34.8 Å². The number of nitrogens with zero attached hydrogens (tertiary/aromatic N) is 2. The zero-order chi connectivity index (χ0) is 48.9. The van der Waals surface area contributed by atoms with Crippen LogP contribution in [0.15, 0.2) is 63.1 Å². The highest BCUT2D eigenvalue weighted by molar-refractivity contribution is 6.32. The van der Waals surface area contributed by atoms with E-state index < -0.39 is 39.0 Å². The Bertz CT molecular complexity index is 2640. The number of halogens is 2. The van der Waals surface area contributed by atoms with E-state index in [-0.39, 0.29) is 40.6 Å². The average Bonchev–Trinajstić information content (AvgIpc) is 3.24. The highest BCUT2D eigenvalue weighted by Crippen LogP contribution is 2.57. The zero-order valence-corrected chi connectivity index (χ0v) is 41.3. The molecule has 2 aliphatic carbocycles. The number of carbonyl (C=O) groups is 2. The van der Waals surface area contributed by atoms with Gasteiger partial charge in [0.2, 0.25) is 0 Å². The first-order valence-corrected chi connectivity index (χ1v) is 23.9. The minimum atomic E-state index is -1.28. The Morgan fingerprint density at radius 2 is 1.49 bits per heavy atom. The van der Waals surface area contributed by atoms with Gasteiger partial charge in [-0.25, -0.2) is 9.59 Å². The molecule has 1 saturated carbocycles. The van der Waals surface area contributed by atoms with Gasteiger partial charge in [0.05, 0.1) is 80.1 Å². The molecule has 15 nitrogen and oxygen atoms in total. The molecule has 2 aromatic heterocycles. The second-order valence-corrected chi connectivity index (χ2v) is 21.9. The van der Waals surface area contributed by atoms with Crippen LogP contribution in [-0.4, -0.2) is 111 Å². The summed E-state index contributed by atoms with van der Waals surface area (Å²) in [5, 5.41) is 20.5. The number of methoxy groups -OCH3 is 2. The van der Waals surface area contributed by atoms with Crippen molar-refractivity contribution in [1.29, 1.82) is 0 Å². The average molecular weight is 982 g/mol. The molecule has 0 spiro atoms. The van der Waals surface area contributed by atoms with E-state index in [1.165, 1.54) is 24.5 Å². The first kappa shape index (κ1) is 49.9. The molecule has 3 aromatic rings. The van der Waals surface area contributed by atoms with E-state index in [9.17, 15) is 29.4 Å². The van der Waals surface area contributed by atoms with Crippen LogP contribution in [0.5, 0.6) is 5.75 Å². The maximum absolute atomic E-state index is 13.2. The first-order valence-electron chi connectivity index (χ1n) is 23.1. The summed E-state index contributed by atoms with van der Waals surface area (Å²) in [5.74, 6) is -1.08. The Morgan fingerprint density at radius 1 is 0.838 bits per heavy atom. The number of carboxylic acids is 2. The number of ether oxygens (including phenoxy) is 7. The number of carboxylic acid groups (broad SMARTS) is 2. The summed E-state index contributed by atoms with van der Waals surface area (Å²) >= 11 is 13.7. The van der Waals surface area contributed by atoms with Gasteiger partial charge < -0.3 is 52.5 Å². The molecule has 5 heterocycles. The van der Waals surface area contributed by atoms with E-state index in [1.54, 1.807) is 20.3 Å². The number of pyridine rings is 2. The van der Waals surface area contributed by atoms with Gasteiger partial charge in [0, 0.05) is 84.8 Å². The molecule has 17 heteroatoms. The maximum atomic E-state index is 13.2. The summed E-state index contributed by atoms with van der Waals surface area (Å²) in [7, 11) is 3.29. The van der Waals surface area contributed by atoms with Crippen molar-refractivity contribution in [1.82, 2.24) is 9.13 Å². The molecule has 1 saturated heterocycles. The zero-order valence-electron chi connectivity index (χ0n) is 39.8. The molecular weight excluding hydrogens is 919 g/mol. The summed E-state index contributed by atoms with van der Waals surface area (Å²) < 4.78 is 45.5. The van der Waals surface area contributed by atoms with Crippen LogP contribution in [0.4, 0.5) is 0 Å². The molecule has 1 unspecified atom stereocenters. The van der Waals surface area contributed by atoms with Gasteiger partial charge in [-0.2, -0.15) is 0 Å². The monoisotopic (exact) mass is 980 g/mol. The van der Waals surface area contributed by atoms with Crippen molar-refractivity contribution in [3.63, 3.8) is 0 Å². The third-order valence-electron chi connectivity index (χ3n) is 14.7. The normalized spacial score (nSPS) is 23.8. The Kier molecular flexibility index (Phi) is 14.2. The molecule has 2 fully saturated rings. The first-order chi connectivity index (χ1) is 32.2. The molecule has 8 rings (SSSR count). The molecule has 0 radical (unpaired) electrons. The van der Waals surface area contributed by atoms with Crippen LogP contribution in [0, 0.1) is 27.6 Å². The Labute approximate surface area is 405 Å². The quantitative estimate of drug-likeness (QED) is 0.103. The van der Waals surface area contributed by atoms with Gasteiger partial charge >= 0.3 is 11.9 Å². The summed E-state index contributed by atoms with van der Waals surface area (Å²) in [5.41, 5.74) is 0.447.